The van der Waals surface area contributed by atoms with E-state index in [0.29, 0.717) is 0 Å². The summed E-state index contributed by atoms with van der Waals surface area (Å²) in [7, 11) is 0. The molecule has 0 amide bonds. The maximum Gasteiger partial charge on any atom is 0.141 e. The second-order valence-electron chi connectivity index (χ2n) is 2.21. The van der Waals surface area contributed by atoms with E-state index >= 15 is 0 Å². The zero-order chi connectivity index (χ0) is 6.81. The van der Waals surface area contributed by atoms with E-state index in [4.69, 9.17) is 4.74 Å². The maximum absolute atomic E-state index is 5.28. The molecule has 0 aromatic heterocycles. The van der Waals surface area contributed by atoms with Crippen LogP contribution in [-0.2, 0) is 4.74 Å². The summed E-state index contributed by atoms with van der Waals surface area (Å²) < 4.78 is 5.28. The average Bonchev–Trinajstić information content (AvgIpc) is 2.28. The predicted molar refractivity (Wildman–Crippen MR) is 38.7 cm³/mol. The molecule has 0 atom stereocenters. The van der Waals surface area contributed by atoms with E-state index in [9.17, 15) is 0 Å². The summed E-state index contributed by atoms with van der Waals surface area (Å²) in [6.45, 7) is 0.793. The van der Waals surface area contributed by atoms with Gasteiger partial charge >= 0.3 is 0 Å². The van der Waals surface area contributed by atoms with E-state index in [0.717, 1.165) is 18.8 Å². The van der Waals surface area contributed by atoms with Gasteiger partial charge in [0.25, 0.3) is 0 Å². The molecule has 0 saturated carbocycles. The van der Waals surface area contributed by atoms with E-state index in [2.05, 4.69) is 10.9 Å². The first-order chi connectivity index (χ1) is 4.97. The number of aliphatic imine (C=N–C) groups is 1. The molecular weight excluding hydrogens is 126 g/mol. The van der Waals surface area contributed by atoms with Crippen molar-refractivity contribution in [2.45, 2.75) is 6.42 Å². The SMILES string of the molecule is C1=CC=C2CCOC2=CN=1. The number of hydrogen-bond acceptors (Lipinski definition) is 2. The summed E-state index contributed by atoms with van der Waals surface area (Å²) in [5.41, 5.74) is 1.23. The topological polar surface area (TPSA) is 21.6 Å². The molecule has 0 unspecified atom stereocenters. The Labute approximate surface area is 59.2 Å². The fraction of sp³-hybridized carbons (Fsp3) is 0.250. The summed E-state index contributed by atoms with van der Waals surface area (Å²) in [6, 6.07) is 0. The molecule has 2 heteroatoms. The summed E-state index contributed by atoms with van der Waals surface area (Å²) >= 11 is 0. The number of nitrogens with zero attached hydrogens (tertiary/aromatic N) is 1. The normalized spacial score (nSPS) is 20.8. The standard InChI is InChI=1S/C8H7NO/c1-2-7-3-5-10-8(7)6-9-4-1/h1-2,6H,3,5H2. The first-order valence-corrected chi connectivity index (χ1v) is 3.28. The van der Waals surface area contributed by atoms with Gasteiger partial charge in [-0.3, -0.25) is 0 Å². The third kappa shape index (κ3) is 0.789. The second-order valence-corrected chi connectivity index (χ2v) is 2.21. The maximum atomic E-state index is 5.28. The lowest BCUT2D eigenvalue weighted by Gasteiger charge is -1.93. The van der Waals surface area contributed by atoms with Crippen molar-refractivity contribution >= 4 is 5.87 Å². The summed E-state index contributed by atoms with van der Waals surface area (Å²) in [4.78, 5) is 3.87. The Morgan fingerprint density at radius 3 is 3.60 bits per heavy atom. The molecule has 2 aliphatic rings. The fourth-order valence-electron chi connectivity index (χ4n) is 1.05. The van der Waals surface area contributed by atoms with Gasteiger partial charge in [0, 0.05) is 12.5 Å². The van der Waals surface area contributed by atoms with Crippen molar-refractivity contribution in [3.63, 3.8) is 0 Å². The fourth-order valence-corrected chi connectivity index (χ4v) is 1.05. The molecule has 2 heterocycles. The van der Waals surface area contributed by atoms with Crippen LogP contribution in [-0.4, -0.2) is 12.5 Å². The van der Waals surface area contributed by atoms with Gasteiger partial charge in [0.05, 0.1) is 12.8 Å². The third-order valence-corrected chi connectivity index (χ3v) is 1.56. The summed E-state index contributed by atoms with van der Waals surface area (Å²) in [5.74, 6) is 3.65. The van der Waals surface area contributed by atoms with Gasteiger partial charge in [-0.15, -0.1) is 0 Å². The number of hydrogen-bond donors (Lipinski definition) is 0. The highest BCUT2D eigenvalue weighted by Gasteiger charge is 2.13. The average molecular weight is 133 g/mol. The molecule has 50 valence electrons. The molecule has 2 aliphatic heterocycles. The smallest absolute Gasteiger partial charge is 0.141 e. The van der Waals surface area contributed by atoms with Crippen LogP contribution in [0.15, 0.2) is 34.7 Å². The highest BCUT2D eigenvalue weighted by Crippen LogP contribution is 2.23. The van der Waals surface area contributed by atoms with Gasteiger partial charge in [0.2, 0.25) is 0 Å². The van der Waals surface area contributed by atoms with Gasteiger partial charge in [-0.05, 0) is 17.5 Å². The molecule has 0 N–H and O–H groups in total. The van der Waals surface area contributed by atoms with Crippen LogP contribution >= 0.6 is 0 Å². The van der Waals surface area contributed by atoms with Crippen LogP contribution in [0.2, 0.25) is 0 Å². The molecule has 0 radical (unpaired) electrons. The Bertz CT molecular complexity index is 243. The van der Waals surface area contributed by atoms with E-state index in [-0.39, 0.29) is 0 Å². The molecule has 0 bridgehead atoms. The second kappa shape index (κ2) is 2.16. The van der Waals surface area contributed by atoms with Gasteiger partial charge in [-0.1, -0.05) is 0 Å². The van der Waals surface area contributed by atoms with Crippen molar-refractivity contribution in [3.8, 4) is 0 Å². The number of rotatable bonds is 0. The van der Waals surface area contributed by atoms with Crippen molar-refractivity contribution in [3.05, 3.63) is 29.7 Å². The molecule has 2 rings (SSSR count). The van der Waals surface area contributed by atoms with Crippen LogP contribution in [0.3, 0.4) is 0 Å². The lowest BCUT2D eigenvalue weighted by atomic mass is 10.2. The Hall–Kier alpha value is -1.27. The zero-order valence-electron chi connectivity index (χ0n) is 5.50. The number of ether oxygens (including phenoxy) is 1. The summed E-state index contributed by atoms with van der Waals surface area (Å²) in [5, 5.41) is 0. The monoisotopic (exact) mass is 133 g/mol. The predicted octanol–water partition coefficient (Wildman–Crippen LogP) is 1.41. The van der Waals surface area contributed by atoms with Crippen LogP contribution in [0.25, 0.3) is 0 Å². The quantitative estimate of drug-likeness (QED) is 0.489. The van der Waals surface area contributed by atoms with Gasteiger partial charge in [0.15, 0.2) is 0 Å². The lowest BCUT2D eigenvalue weighted by molar-refractivity contribution is 0.265. The largest absolute Gasteiger partial charge is 0.491 e. The van der Waals surface area contributed by atoms with E-state index in [1.54, 1.807) is 6.20 Å². The summed E-state index contributed by atoms with van der Waals surface area (Å²) in [6.07, 6.45) is 6.52. The molecule has 1 saturated heterocycles. The molecule has 0 aliphatic carbocycles. The molecule has 1 fully saturated rings. The molecule has 10 heavy (non-hydrogen) atoms. The van der Waals surface area contributed by atoms with Crippen LogP contribution in [0.5, 0.6) is 0 Å². The van der Waals surface area contributed by atoms with Crippen molar-refractivity contribution < 1.29 is 4.74 Å². The van der Waals surface area contributed by atoms with Crippen molar-refractivity contribution in [1.82, 2.24) is 0 Å². The van der Waals surface area contributed by atoms with Crippen molar-refractivity contribution in [1.29, 1.82) is 0 Å². The minimum atomic E-state index is 0.793. The van der Waals surface area contributed by atoms with Crippen LogP contribution < -0.4 is 0 Å². The Morgan fingerprint density at radius 1 is 1.60 bits per heavy atom. The Kier molecular flexibility index (Phi) is 1.19. The molecule has 0 aromatic rings. The third-order valence-electron chi connectivity index (χ3n) is 1.56. The number of fused-ring (bicyclic) bond motifs is 1. The highest BCUT2D eigenvalue weighted by molar-refractivity contribution is 5.58. The minimum absolute atomic E-state index is 0.793. The molecule has 2 nitrogen and oxygen atoms in total. The molecular formula is C8H7NO. The van der Waals surface area contributed by atoms with Crippen LogP contribution in [0, 0.1) is 0 Å². The van der Waals surface area contributed by atoms with Gasteiger partial charge in [0.1, 0.15) is 5.76 Å². The van der Waals surface area contributed by atoms with Crippen LogP contribution in [0.1, 0.15) is 6.42 Å². The first kappa shape index (κ1) is 5.51. The molecule has 0 spiro atoms. The van der Waals surface area contributed by atoms with Crippen molar-refractivity contribution in [2.75, 3.05) is 6.61 Å². The number of allylic oxidation sites excluding steroid dienone is 3. The minimum Gasteiger partial charge on any atom is -0.491 e. The highest BCUT2D eigenvalue weighted by atomic mass is 16.5. The van der Waals surface area contributed by atoms with E-state index < -0.39 is 0 Å². The van der Waals surface area contributed by atoms with Gasteiger partial charge in [-0.25, -0.2) is 4.99 Å². The Balaban J connectivity index is 2.43. The van der Waals surface area contributed by atoms with Crippen LogP contribution in [0.4, 0.5) is 0 Å². The van der Waals surface area contributed by atoms with Gasteiger partial charge in [-0.2, -0.15) is 0 Å². The van der Waals surface area contributed by atoms with E-state index in [1.807, 2.05) is 12.2 Å². The van der Waals surface area contributed by atoms with Crippen molar-refractivity contribution in [2.24, 2.45) is 4.99 Å². The zero-order valence-corrected chi connectivity index (χ0v) is 5.50. The van der Waals surface area contributed by atoms with Gasteiger partial charge < -0.3 is 4.74 Å². The lowest BCUT2D eigenvalue weighted by Crippen LogP contribution is -1.77. The molecule has 0 aromatic carbocycles. The van der Waals surface area contributed by atoms with E-state index in [1.165, 1.54) is 5.57 Å². The Morgan fingerprint density at radius 2 is 2.60 bits per heavy atom. The first-order valence-electron chi connectivity index (χ1n) is 3.28.